The van der Waals surface area contributed by atoms with Crippen LogP contribution in [0.15, 0.2) is 10.4 Å². The van der Waals surface area contributed by atoms with Crippen molar-refractivity contribution in [3.05, 3.63) is 16.1 Å². The summed E-state index contributed by atoms with van der Waals surface area (Å²) in [6.45, 7) is 11.5. The molecule has 1 heterocycles. The Hall–Kier alpha value is -0.450. The number of aliphatic imine (C=N–C) groups is 1. The van der Waals surface area contributed by atoms with Crippen LogP contribution >= 0.6 is 35.3 Å². The smallest absolute Gasteiger partial charge is 0.191 e. The molecule has 0 atom stereocenters. The van der Waals surface area contributed by atoms with E-state index in [1.165, 1.54) is 11.4 Å². The predicted octanol–water partition coefficient (Wildman–Crippen LogP) is 3.78. The molecule has 0 radical (unpaired) electrons. The SMILES string of the molecule is CCCCOCCOCCNC(=NCCCCc1nc(C)cs1)NCC.I. The Morgan fingerprint density at radius 3 is 2.52 bits per heavy atom. The zero-order chi connectivity index (χ0) is 18.9. The number of hydrogen-bond donors (Lipinski definition) is 2. The van der Waals surface area contributed by atoms with Crippen LogP contribution in [0.4, 0.5) is 0 Å². The van der Waals surface area contributed by atoms with E-state index in [0.29, 0.717) is 19.8 Å². The number of ether oxygens (including phenoxy) is 2. The van der Waals surface area contributed by atoms with Gasteiger partial charge in [0, 0.05) is 37.3 Å². The molecule has 0 spiro atoms. The first-order valence-electron chi connectivity index (χ1n) is 9.85. The van der Waals surface area contributed by atoms with Crippen LogP contribution in [-0.2, 0) is 15.9 Å². The van der Waals surface area contributed by atoms with E-state index in [0.717, 1.165) is 63.6 Å². The number of hydrogen-bond acceptors (Lipinski definition) is 5. The monoisotopic (exact) mass is 512 g/mol. The van der Waals surface area contributed by atoms with Gasteiger partial charge in [0.1, 0.15) is 0 Å². The van der Waals surface area contributed by atoms with Crippen molar-refractivity contribution in [1.29, 1.82) is 0 Å². The van der Waals surface area contributed by atoms with Crippen molar-refractivity contribution in [1.82, 2.24) is 15.6 Å². The second-order valence-electron chi connectivity index (χ2n) is 6.11. The van der Waals surface area contributed by atoms with Gasteiger partial charge in [-0.25, -0.2) is 4.98 Å². The molecule has 0 aromatic carbocycles. The highest BCUT2D eigenvalue weighted by Gasteiger charge is 1.99. The highest BCUT2D eigenvalue weighted by Crippen LogP contribution is 2.11. The minimum Gasteiger partial charge on any atom is -0.379 e. The molecular formula is C19H37IN4O2S. The molecule has 1 aromatic rings. The number of guanidine groups is 1. The fourth-order valence-electron chi connectivity index (χ4n) is 2.25. The zero-order valence-electron chi connectivity index (χ0n) is 17.1. The molecule has 0 fully saturated rings. The number of nitrogens with zero attached hydrogens (tertiary/aromatic N) is 2. The zero-order valence-corrected chi connectivity index (χ0v) is 20.2. The molecule has 1 aromatic heterocycles. The number of nitrogens with one attached hydrogen (secondary N) is 2. The summed E-state index contributed by atoms with van der Waals surface area (Å²) >= 11 is 1.75. The summed E-state index contributed by atoms with van der Waals surface area (Å²) in [4.78, 5) is 9.11. The van der Waals surface area contributed by atoms with E-state index < -0.39 is 0 Å². The number of halogens is 1. The first kappa shape index (κ1) is 26.6. The van der Waals surface area contributed by atoms with Crippen LogP contribution in [0.1, 0.15) is 50.2 Å². The predicted molar refractivity (Wildman–Crippen MR) is 126 cm³/mol. The minimum absolute atomic E-state index is 0. The normalized spacial score (nSPS) is 11.3. The van der Waals surface area contributed by atoms with E-state index in [9.17, 15) is 0 Å². The van der Waals surface area contributed by atoms with Gasteiger partial charge in [-0.3, -0.25) is 4.99 Å². The molecule has 0 amide bonds. The van der Waals surface area contributed by atoms with Gasteiger partial charge < -0.3 is 20.1 Å². The third-order valence-corrected chi connectivity index (χ3v) is 4.66. The number of rotatable bonds is 15. The second-order valence-corrected chi connectivity index (χ2v) is 7.05. The lowest BCUT2D eigenvalue weighted by Crippen LogP contribution is -2.39. The fourth-order valence-corrected chi connectivity index (χ4v) is 3.07. The van der Waals surface area contributed by atoms with Crippen LogP contribution in [0.3, 0.4) is 0 Å². The molecule has 0 saturated heterocycles. The summed E-state index contributed by atoms with van der Waals surface area (Å²) in [7, 11) is 0. The lowest BCUT2D eigenvalue weighted by molar-refractivity contribution is 0.0487. The average molecular weight is 513 g/mol. The second kappa shape index (κ2) is 18.9. The van der Waals surface area contributed by atoms with E-state index in [4.69, 9.17) is 9.47 Å². The van der Waals surface area contributed by atoms with Gasteiger partial charge in [-0.1, -0.05) is 13.3 Å². The molecule has 0 unspecified atom stereocenters. The van der Waals surface area contributed by atoms with Gasteiger partial charge in [0.15, 0.2) is 5.96 Å². The van der Waals surface area contributed by atoms with Crippen molar-refractivity contribution in [3.8, 4) is 0 Å². The first-order valence-corrected chi connectivity index (χ1v) is 10.7. The minimum atomic E-state index is 0. The summed E-state index contributed by atoms with van der Waals surface area (Å²) < 4.78 is 11.0. The molecule has 0 saturated carbocycles. The quantitative estimate of drug-likeness (QED) is 0.162. The largest absolute Gasteiger partial charge is 0.379 e. The lowest BCUT2D eigenvalue weighted by Gasteiger charge is -2.11. The van der Waals surface area contributed by atoms with E-state index in [1.54, 1.807) is 11.3 Å². The summed E-state index contributed by atoms with van der Waals surface area (Å²) in [5.41, 5.74) is 1.12. The summed E-state index contributed by atoms with van der Waals surface area (Å²) in [5, 5.41) is 9.91. The Kier molecular flexibility index (Phi) is 18.6. The van der Waals surface area contributed by atoms with E-state index >= 15 is 0 Å². The Bertz CT molecular complexity index is 486. The third-order valence-electron chi connectivity index (χ3n) is 3.63. The summed E-state index contributed by atoms with van der Waals surface area (Å²) in [6, 6.07) is 0. The van der Waals surface area contributed by atoms with Crippen molar-refractivity contribution in [3.63, 3.8) is 0 Å². The van der Waals surface area contributed by atoms with E-state index in [2.05, 4.69) is 39.8 Å². The van der Waals surface area contributed by atoms with Gasteiger partial charge in [0.05, 0.1) is 24.8 Å². The standard InChI is InChI=1S/C19H36N4O2S.HI/c1-4-6-12-24-14-15-25-13-11-22-19(20-5-2)21-10-8-7-9-18-23-17(3)16-26-18;/h16H,4-15H2,1-3H3,(H2,20,21,22);1H. The maximum absolute atomic E-state index is 5.56. The molecule has 0 aliphatic rings. The summed E-state index contributed by atoms with van der Waals surface area (Å²) in [5.74, 6) is 0.861. The molecule has 0 aliphatic carbocycles. The maximum Gasteiger partial charge on any atom is 0.191 e. The van der Waals surface area contributed by atoms with Gasteiger partial charge in [0.25, 0.3) is 0 Å². The molecular weight excluding hydrogens is 475 g/mol. The Balaban J connectivity index is 0.00000676. The van der Waals surface area contributed by atoms with Gasteiger partial charge in [-0.05, 0) is 39.5 Å². The van der Waals surface area contributed by atoms with E-state index in [1.807, 2.05) is 6.92 Å². The average Bonchev–Trinajstić information content (AvgIpc) is 3.05. The molecule has 0 aliphatic heterocycles. The van der Waals surface area contributed by atoms with Crippen LogP contribution < -0.4 is 10.6 Å². The third kappa shape index (κ3) is 15.2. The number of thiazole rings is 1. The van der Waals surface area contributed by atoms with Gasteiger partial charge in [-0.2, -0.15) is 0 Å². The van der Waals surface area contributed by atoms with Gasteiger partial charge in [0.2, 0.25) is 0 Å². The van der Waals surface area contributed by atoms with Crippen LogP contribution in [0, 0.1) is 6.92 Å². The Labute approximate surface area is 185 Å². The molecule has 27 heavy (non-hydrogen) atoms. The van der Waals surface area contributed by atoms with Crippen LogP contribution in [0.25, 0.3) is 0 Å². The molecule has 8 heteroatoms. The topological polar surface area (TPSA) is 67.8 Å². The Morgan fingerprint density at radius 2 is 1.85 bits per heavy atom. The number of unbranched alkanes of at least 4 members (excludes halogenated alkanes) is 2. The van der Waals surface area contributed by atoms with Crippen molar-refractivity contribution in [2.24, 2.45) is 4.99 Å². The van der Waals surface area contributed by atoms with Gasteiger partial charge in [-0.15, -0.1) is 35.3 Å². The van der Waals surface area contributed by atoms with E-state index in [-0.39, 0.29) is 24.0 Å². The molecule has 0 bridgehead atoms. The van der Waals surface area contributed by atoms with Crippen molar-refractivity contribution >= 4 is 41.3 Å². The van der Waals surface area contributed by atoms with Crippen LogP contribution in [0.2, 0.25) is 0 Å². The first-order chi connectivity index (χ1) is 12.8. The Morgan fingerprint density at radius 1 is 1.07 bits per heavy atom. The fraction of sp³-hybridized carbons (Fsp3) is 0.789. The molecule has 6 nitrogen and oxygen atoms in total. The highest BCUT2D eigenvalue weighted by molar-refractivity contribution is 14.0. The van der Waals surface area contributed by atoms with Gasteiger partial charge >= 0.3 is 0 Å². The van der Waals surface area contributed by atoms with Crippen LogP contribution in [-0.4, -0.2) is 57.0 Å². The summed E-state index contributed by atoms with van der Waals surface area (Å²) in [6.07, 6.45) is 5.53. The van der Waals surface area contributed by atoms with Crippen LogP contribution in [0.5, 0.6) is 0 Å². The molecule has 158 valence electrons. The lowest BCUT2D eigenvalue weighted by atomic mass is 10.2. The molecule has 2 N–H and O–H groups in total. The highest BCUT2D eigenvalue weighted by atomic mass is 127. The van der Waals surface area contributed by atoms with Crippen molar-refractivity contribution in [2.45, 2.75) is 52.9 Å². The van der Waals surface area contributed by atoms with Crippen molar-refractivity contribution < 1.29 is 9.47 Å². The number of aromatic nitrogens is 1. The maximum atomic E-state index is 5.56. The molecule has 1 rings (SSSR count). The van der Waals surface area contributed by atoms with Crippen molar-refractivity contribution in [2.75, 3.05) is 46.1 Å². The number of aryl methyl sites for hydroxylation is 2.